The van der Waals surface area contributed by atoms with Crippen molar-refractivity contribution in [3.63, 3.8) is 0 Å². The smallest absolute Gasteiger partial charge is 0.166 e. The summed E-state index contributed by atoms with van der Waals surface area (Å²) in [4.78, 5) is 21.5. The molecule has 29 heavy (non-hydrogen) atoms. The zero-order valence-corrected chi connectivity index (χ0v) is 16.6. The van der Waals surface area contributed by atoms with Crippen molar-refractivity contribution in [2.45, 2.75) is 38.0 Å². The van der Waals surface area contributed by atoms with Gasteiger partial charge in [-0.3, -0.25) is 19.6 Å². The van der Waals surface area contributed by atoms with Gasteiger partial charge in [0.15, 0.2) is 5.78 Å². The lowest BCUT2D eigenvalue weighted by atomic mass is 9.87. The highest BCUT2D eigenvalue weighted by Crippen LogP contribution is 2.27. The summed E-state index contributed by atoms with van der Waals surface area (Å²) in [6.45, 7) is 4.06. The second-order valence-corrected chi connectivity index (χ2v) is 8.20. The van der Waals surface area contributed by atoms with Gasteiger partial charge in [-0.05, 0) is 68.2 Å². The minimum atomic E-state index is -0.384. The number of hydrogen-bond acceptors (Lipinski definition) is 5. The zero-order valence-electron chi connectivity index (χ0n) is 16.6. The average molecular weight is 397 g/mol. The lowest BCUT2D eigenvalue weighted by molar-refractivity contribution is -0.0251. The highest BCUT2D eigenvalue weighted by molar-refractivity contribution is 5.97. The van der Waals surface area contributed by atoms with E-state index in [0.29, 0.717) is 12.1 Å². The number of pyridine rings is 1. The molecule has 5 nitrogen and oxygen atoms in total. The molecule has 6 heteroatoms. The number of Topliss-reactive ketones (excluding diaryl/α,β-unsaturated/α-hetero) is 1. The van der Waals surface area contributed by atoms with Gasteiger partial charge in [-0.2, -0.15) is 0 Å². The van der Waals surface area contributed by atoms with Gasteiger partial charge in [0, 0.05) is 49.6 Å². The van der Waals surface area contributed by atoms with E-state index in [2.05, 4.69) is 20.9 Å². The van der Waals surface area contributed by atoms with Gasteiger partial charge in [-0.15, -0.1) is 0 Å². The molecule has 0 radical (unpaired) electrons. The Morgan fingerprint density at radius 3 is 2.52 bits per heavy atom. The summed E-state index contributed by atoms with van der Waals surface area (Å²) in [6, 6.07) is 10.00. The molecule has 2 aliphatic heterocycles. The minimum Gasteiger partial charge on any atom is -0.390 e. The van der Waals surface area contributed by atoms with Crippen LogP contribution in [0.4, 0.5) is 4.39 Å². The van der Waals surface area contributed by atoms with Gasteiger partial charge in [0.1, 0.15) is 5.82 Å². The molecule has 0 amide bonds. The van der Waals surface area contributed by atoms with E-state index in [0.717, 1.165) is 45.4 Å². The molecule has 1 N–H and O–H groups in total. The molecule has 2 saturated heterocycles. The van der Waals surface area contributed by atoms with Crippen molar-refractivity contribution >= 4 is 5.78 Å². The van der Waals surface area contributed by atoms with E-state index in [1.54, 1.807) is 18.3 Å². The van der Waals surface area contributed by atoms with Crippen LogP contribution in [0.3, 0.4) is 0 Å². The zero-order chi connectivity index (χ0) is 20.2. The molecular weight excluding hydrogens is 369 g/mol. The highest BCUT2D eigenvalue weighted by atomic mass is 19.1. The fourth-order valence-corrected chi connectivity index (χ4v) is 4.65. The number of benzene rings is 1. The first kappa shape index (κ1) is 20.1. The van der Waals surface area contributed by atoms with Crippen LogP contribution in [0.2, 0.25) is 0 Å². The van der Waals surface area contributed by atoms with Crippen LogP contribution in [0.1, 0.15) is 35.2 Å². The Hall–Kier alpha value is -2.15. The number of ketones is 1. The maximum Gasteiger partial charge on any atom is 0.166 e. The minimum absolute atomic E-state index is 0.0143. The largest absolute Gasteiger partial charge is 0.390 e. The molecule has 0 unspecified atom stereocenters. The van der Waals surface area contributed by atoms with Crippen LogP contribution in [0.25, 0.3) is 0 Å². The molecule has 2 fully saturated rings. The van der Waals surface area contributed by atoms with Crippen LogP contribution in [-0.4, -0.2) is 64.0 Å². The summed E-state index contributed by atoms with van der Waals surface area (Å²) in [5, 5.41) is 10.7. The Bertz CT molecular complexity index is 807. The molecule has 1 aromatic carbocycles. The van der Waals surface area contributed by atoms with Gasteiger partial charge in [-0.1, -0.05) is 6.07 Å². The first-order valence-electron chi connectivity index (χ1n) is 10.4. The van der Waals surface area contributed by atoms with E-state index in [4.69, 9.17) is 0 Å². The van der Waals surface area contributed by atoms with E-state index < -0.39 is 0 Å². The second kappa shape index (κ2) is 9.11. The fourth-order valence-electron chi connectivity index (χ4n) is 4.65. The Balaban J connectivity index is 1.28. The molecular formula is C23H28FN3O2. The number of carbonyl (C=O) groups is 1. The fraction of sp³-hybridized carbons (Fsp3) is 0.478. The first-order chi connectivity index (χ1) is 14.1. The summed E-state index contributed by atoms with van der Waals surface area (Å²) in [5.74, 6) is -0.226. The number of nitrogens with zero attached hydrogens (tertiary/aromatic N) is 3. The van der Waals surface area contributed by atoms with Gasteiger partial charge in [0.2, 0.25) is 0 Å². The summed E-state index contributed by atoms with van der Waals surface area (Å²) in [5.41, 5.74) is 1.76. The van der Waals surface area contributed by atoms with Crippen molar-refractivity contribution in [2.24, 2.45) is 5.92 Å². The number of hydrogen-bond donors (Lipinski definition) is 1. The van der Waals surface area contributed by atoms with Crippen LogP contribution < -0.4 is 0 Å². The molecule has 2 atom stereocenters. The van der Waals surface area contributed by atoms with Gasteiger partial charge >= 0.3 is 0 Å². The van der Waals surface area contributed by atoms with Crippen LogP contribution in [-0.2, 0) is 6.54 Å². The van der Waals surface area contributed by atoms with Gasteiger partial charge in [0.25, 0.3) is 0 Å². The van der Waals surface area contributed by atoms with Gasteiger partial charge in [-0.25, -0.2) is 4.39 Å². The molecule has 2 aliphatic rings. The van der Waals surface area contributed by atoms with Crippen molar-refractivity contribution in [3.05, 3.63) is 65.7 Å². The maximum absolute atomic E-state index is 13.1. The number of rotatable bonds is 5. The van der Waals surface area contributed by atoms with E-state index in [1.165, 1.54) is 17.7 Å². The quantitative estimate of drug-likeness (QED) is 0.787. The molecule has 1 aromatic heterocycles. The third kappa shape index (κ3) is 4.89. The molecule has 2 aromatic rings. The molecule has 0 spiro atoms. The number of aliphatic hydroxyl groups is 1. The number of likely N-dealkylation sites (tertiary alicyclic amines) is 2. The predicted octanol–water partition coefficient (Wildman–Crippen LogP) is 2.75. The summed E-state index contributed by atoms with van der Waals surface area (Å²) in [6.07, 6.45) is 5.77. The number of carbonyl (C=O) groups excluding carboxylic acids is 1. The average Bonchev–Trinajstić information content (AvgIpc) is 2.75. The van der Waals surface area contributed by atoms with Crippen LogP contribution in [0.5, 0.6) is 0 Å². The molecule has 0 aliphatic carbocycles. The molecule has 0 bridgehead atoms. The van der Waals surface area contributed by atoms with Crippen molar-refractivity contribution < 1.29 is 14.3 Å². The van der Waals surface area contributed by atoms with E-state index in [9.17, 15) is 14.3 Å². The normalized spacial score (nSPS) is 24.5. The van der Waals surface area contributed by atoms with E-state index in [-0.39, 0.29) is 29.7 Å². The standard InChI is InChI=1S/C23H28FN3O2/c24-20-5-3-18(4-6-20)23(29)19-7-12-27(13-8-19)21-9-11-26(16-22(21)28)15-17-2-1-10-25-14-17/h1-6,10,14,19,21-22,28H,7-9,11-13,15-16H2/t21-,22-/m0/s1. The van der Waals surface area contributed by atoms with Gasteiger partial charge < -0.3 is 5.11 Å². The second-order valence-electron chi connectivity index (χ2n) is 8.20. The molecule has 4 rings (SSSR count). The van der Waals surface area contributed by atoms with Gasteiger partial charge in [0.05, 0.1) is 6.10 Å². The van der Waals surface area contributed by atoms with Crippen LogP contribution in [0, 0.1) is 11.7 Å². The molecule has 3 heterocycles. The summed E-state index contributed by atoms with van der Waals surface area (Å²) >= 11 is 0. The summed E-state index contributed by atoms with van der Waals surface area (Å²) < 4.78 is 13.1. The maximum atomic E-state index is 13.1. The summed E-state index contributed by atoms with van der Waals surface area (Å²) in [7, 11) is 0. The third-order valence-electron chi connectivity index (χ3n) is 6.26. The van der Waals surface area contributed by atoms with Crippen LogP contribution in [0.15, 0.2) is 48.8 Å². The Morgan fingerprint density at radius 2 is 1.86 bits per heavy atom. The lowest BCUT2D eigenvalue weighted by Gasteiger charge is -2.44. The SMILES string of the molecule is O=C(c1ccc(F)cc1)C1CCN([C@H]2CCN(Cc3cccnc3)C[C@@H]2O)CC1. The monoisotopic (exact) mass is 397 g/mol. The number of halogens is 1. The van der Waals surface area contributed by atoms with Crippen molar-refractivity contribution in [2.75, 3.05) is 26.2 Å². The van der Waals surface area contributed by atoms with Crippen molar-refractivity contribution in [3.8, 4) is 0 Å². The Morgan fingerprint density at radius 1 is 1.10 bits per heavy atom. The third-order valence-corrected chi connectivity index (χ3v) is 6.26. The van der Waals surface area contributed by atoms with Crippen molar-refractivity contribution in [1.29, 1.82) is 0 Å². The Kier molecular flexibility index (Phi) is 6.33. The number of aromatic nitrogens is 1. The number of piperidine rings is 2. The van der Waals surface area contributed by atoms with E-state index >= 15 is 0 Å². The topological polar surface area (TPSA) is 56.7 Å². The van der Waals surface area contributed by atoms with Crippen molar-refractivity contribution in [1.82, 2.24) is 14.8 Å². The van der Waals surface area contributed by atoms with Crippen LogP contribution >= 0.6 is 0 Å². The number of β-amino-alcohol motifs (C(OH)–C–C–N with tert-alkyl or cyclic N) is 1. The first-order valence-corrected chi connectivity index (χ1v) is 10.4. The predicted molar refractivity (Wildman–Crippen MR) is 109 cm³/mol. The Labute approximate surface area is 171 Å². The highest BCUT2D eigenvalue weighted by Gasteiger charge is 2.35. The molecule has 154 valence electrons. The lowest BCUT2D eigenvalue weighted by Crippen LogP contribution is -2.55. The van der Waals surface area contributed by atoms with E-state index in [1.807, 2.05) is 12.3 Å². The molecule has 0 saturated carbocycles. The number of aliphatic hydroxyl groups excluding tert-OH is 1.